The van der Waals surface area contributed by atoms with Crippen molar-refractivity contribution in [1.29, 1.82) is 0 Å². The van der Waals surface area contributed by atoms with Crippen molar-refractivity contribution >= 4 is 39.0 Å². The molecule has 0 aromatic carbocycles. The van der Waals surface area contributed by atoms with Gasteiger partial charge in [-0.2, -0.15) is 9.29 Å². The van der Waals surface area contributed by atoms with E-state index in [4.69, 9.17) is 23.2 Å². The molecule has 0 unspecified atom stereocenters. The summed E-state index contributed by atoms with van der Waals surface area (Å²) in [6, 6.07) is -0.00630. The smallest absolute Gasteiger partial charge is 0.224 e. The van der Waals surface area contributed by atoms with Crippen LogP contribution in [0.3, 0.4) is 0 Å². The SMILES string of the molecule is CS(=O)(=O)N1CC(Nc2nc(Cl)ncc2Cl)C1. The Morgan fingerprint density at radius 3 is 2.71 bits per heavy atom. The first-order chi connectivity index (χ1) is 7.86. The minimum atomic E-state index is -3.11. The summed E-state index contributed by atoms with van der Waals surface area (Å²) in [4.78, 5) is 7.65. The normalized spacial score (nSPS) is 17.8. The molecule has 0 atom stereocenters. The molecule has 1 saturated heterocycles. The van der Waals surface area contributed by atoms with E-state index >= 15 is 0 Å². The quantitative estimate of drug-likeness (QED) is 0.837. The Morgan fingerprint density at radius 1 is 1.47 bits per heavy atom. The maximum Gasteiger partial charge on any atom is 0.224 e. The minimum Gasteiger partial charge on any atom is -0.363 e. The first-order valence-electron chi connectivity index (χ1n) is 4.76. The van der Waals surface area contributed by atoms with Gasteiger partial charge in [-0.15, -0.1) is 0 Å². The fourth-order valence-electron chi connectivity index (χ4n) is 1.44. The van der Waals surface area contributed by atoms with Gasteiger partial charge in [0.15, 0.2) is 0 Å². The van der Waals surface area contributed by atoms with Crippen molar-refractivity contribution in [2.24, 2.45) is 0 Å². The number of nitrogens with zero attached hydrogens (tertiary/aromatic N) is 3. The number of sulfonamides is 1. The van der Waals surface area contributed by atoms with E-state index in [0.29, 0.717) is 23.9 Å². The van der Waals surface area contributed by atoms with Crippen molar-refractivity contribution in [3.05, 3.63) is 16.5 Å². The number of rotatable bonds is 3. The molecular formula is C8H10Cl2N4O2S. The molecule has 17 heavy (non-hydrogen) atoms. The van der Waals surface area contributed by atoms with Crippen LogP contribution in [0.1, 0.15) is 0 Å². The van der Waals surface area contributed by atoms with Crippen LogP contribution in [0.5, 0.6) is 0 Å². The van der Waals surface area contributed by atoms with Crippen molar-refractivity contribution in [3.8, 4) is 0 Å². The molecule has 0 saturated carbocycles. The van der Waals surface area contributed by atoms with E-state index in [-0.39, 0.29) is 11.3 Å². The number of anilines is 1. The molecule has 1 N–H and O–H groups in total. The van der Waals surface area contributed by atoms with Gasteiger partial charge in [-0.05, 0) is 11.6 Å². The Morgan fingerprint density at radius 2 is 2.12 bits per heavy atom. The summed E-state index contributed by atoms with van der Waals surface area (Å²) in [5.74, 6) is 0.421. The van der Waals surface area contributed by atoms with Crippen molar-refractivity contribution in [1.82, 2.24) is 14.3 Å². The fraction of sp³-hybridized carbons (Fsp3) is 0.500. The third kappa shape index (κ3) is 2.98. The Balaban J connectivity index is 1.98. The van der Waals surface area contributed by atoms with Crippen LogP contribution in [0, 0.1) is 0 Å². The number of hydrogen-bond donors (Lipinski definition) is 1. The van der Waals surface area contributed by atoms with Gasteiger partial charge in [0.1, 0.15) is 10.8 Å². The van der Waals surface area contributed by atoms with Gasteiger partial charge in [-0.1, -0.05) is 11.6 Å². The van der Waals surface area contributed by atoms with E-state index in [9.17, 15) is 8.42 Å². The summed E-state index contributed by atoms with van der Waals surface area (Å²) in [5.41, 5.74) is 0. The zero-order valence-corrected chi connectivity index (χ0v) is 11.2. The molecule has 1 fully saturated rings. The van der Waals surface area contributed by atoms with E-state index in [1.165, 1.54) is 16.8 Å². The van der Waals surface area contributed by atoms with Crippen LogP contribution in [-0.2, 0) is 10.0 Å². The largest absolute Gasteiger partial charge is 0.363 e. The first-order valence-corrected chi connectivity index (χ1v) is 7.36. The summed E-state index contributed by atoms with van der Waals surface area (Å²) >= 11 is 11.5. The molecule has 0 radical (unpaired) electrons. The summed E-state index contributed by atoms with van der Waals surface area (Å²) < 4.78 is 23.7. The summed E-state index contributed by atoms with van der Waals surface area (Å²) in [5, 5.41) is 3.46. The highest BCUT2D eigenvalue weighted by Crippen LogP contribution is 2.23. The van der Waals surface area contributed by atoms with E-state index < -0.39 is 10.0 Å². The van der Waals surface area contributed by atoms with Gasteiger partial charge in [-0.25, -0.2) is 13.4 Å². The van der Waals surface area contributed by atoms with E-state index in [1.807, 2.05) is 0 Å². The maximum atomic E-state index is 11.2. The second-order valence-corrected chi connectivity index (χ2v) is 6.48. The lowest BCUT2D eigenvalue weighted by Crippen LogP contribution is -2.56. The molecule has 6 nitrogen and oxygen atoms in total. The molecule has 9 heteroatoms. The third-order valence-corrected chi connectivity index (χ3v) is 4.07. The molecule has 0 amide bonds. The second kappa shape index (κ2) is 4.56. The molecule has 94 valence electrons. The predicted molar refractivity (Wildman–Crippen MR) is 65.9 cm³/mol. The standard InChI is InChI=1S/C8H10Cl2N4O2S/c1-17(15,16)14-3-5(4-14)12-7-6(9)2-11-8(10)13-7/h2,5H,3-4H2,1H3,(H,11,12,13). The van der Waals surface area contributed by atoms with Crippen LogP contribution in [0.4, 0.5) is 5.82 Å². The van der Waals surface area contributed by atoms with Crippen LogP contribution in [0.15, 0.2) is 6.20 Å². The number of aromatic nitrogens is 2. The molecule has 0 spiro atoms. The average molecular weight is 297 g/mol. The van der Waals surface area contributed by atoms with E-state index in [2.05, 4.69) is 15.3 Å². The molecular weight excluding hydrogens is 287 g/mol. The highest BCUT2D eigenvalue weighted by molar-refractivity contribution is 7.88. The highest BCUT2D eigenvalue weighted by atomic mass is 35.5. The molecule has 1 aromatic rings. The van der Waals surface area contributed by atoms with Crippen LogP contribution in [0.25, 0.3) is 0 Å². The van der Waals surface area contributed by atoms with Crippen LogP contribution in [0.2, 0.25) is 10.3 Å². The first kappa shape index (κ1) is 12.8. The second-order valence-electron chi connectivity index (χ2n) is 3.76. The van der Waals surface area contributed by atoms with Crippen LogP contribution < -0.4 is 5.32 Å². The van der Waals surface area contributed by atoms with Gasteiger partial charge < -0.3 is 5.32 Å². The number of halogens is 2. The lowest BCUT2D eigenvalue weighted by atomic mass is 10.2. The third-order valence-electron chi connectivity index (χ3n) is 2.37. The zero-order chi connectivity index (χ0) is 12.6. The molecule has 1 aliphatic rings. The lowest BCUT2D eigenvalue weighted by molar-refractivity contribution is 0.282. The fourth-order valence-corrected chi connectivity index (χ4v) is 2.62. The van der Waals surface area contributed by atoms with Gasteiger partial charge in [0, 0.05) is 13.1 Å². The van der Waals surface area contributed by atoms with Crippen molar-refractivity contribution in [3.63, 3.8) is 0 Å². The highest BCUT2D eigenvalue weighted by Gasteiger charge is 2.33. The molecule has 1 aromatic heterocycles. The van der Waals surface area contributed by atoms with Crippen LogP contribution >= 0.6 is 23.2 Å². The van der Waals surface area contributed by atoms with Crippen molar-refractivity contribution < 1.29 is 8.42 Å². The monoisotopic (exact) mass is 296 g/mol. The minimum absolute atomic E-state index is 0.00630. The van der Waals surface area contributed by atoms with Gasteiger partial charge >= 0.3 is 0 Å². The molecule has 0 bridgehead atoms. The zero-order valence-electron chi connectivity index (χ0n) is 8.89. The predicted octanol–water partition coefficient (Wildman–Crippen LogP) is 0.839. The van der Waals surface area contributed by atoms with E-state index in [0.717, 1.165) is 0 Å². The average Bonchev–Trinajstić information content (AvgIpc) is 2.14. The van der Waals surface area contributed by atoms with Gasteiger partial charge in [-0.3, -0.25) is 0 Å². The van der Waals surface area contributed by atoms with Gasteiger partial charge in [0.05, 0.1) is 18.5 Å². The Kier molecular flexibility index (Phi) is 3.44. The van der Waals surface area contributed by atoms with Gasteiger partial charge in [0.25, 0.3) is 0 Å². The maximum absolute atomic E-state index is 11.2. The summed E-state index contributed by atoms with van der Waals surface area (Å²) in [7, 11) is -3.11. The molecule has 2 rings (SSSR count). The summed E-state index contributed by atoms with van der Waals surface area (Å²) in [6.45, 7) is 0.799. The van der Waals surface area contributed by atoms with Crippen LogP contribution in [-0.4, -0.2) is 48.1 Å². The number of hydrogen-bond acceptors (Lipinski definition) is 5. The Bertz CT molecular complexity index is 530. The van der Waals surface area contributed by atoms with Crippen molar-refractivity contribution in [2.45, 2.75) is 6.04 Å². The molecule has 1 aliphatic heterocycles. The topological polar surface area (TPSA) is 75.2 Å². The Labute approximate surface area is 109 Å². The molecule has 2 heterocycles. The number of nitrogens with one attached hydrogen (secondary N) is 1. The van der Waals surface area contributed by atoms with E-state index in [1.54, 1.807) is 0 Å². The Hall–Kier alpha value is -0.630. The lowest BCUT2D eigenvalue weighted by Gasteiger charge is -2.37. The van der Waals surface area contributed by atoms with Gasteiger partial charge in [0.2, 0.25) is 15.3 Å². The summed E-state index contributed by atoms with van der Waals surface area (Å²) in [6.07, 6.45) is 2.57. The molecule has 0 aliphatic carbocycles. The van der Waals surface area contributed by atoms with Crippen molar-refractivity contribution in [2.75, 3.05) is 24.7 Å².